The van der Waals surface area contributed by atoms with Crippen molar-refractivity contribution in [2.75, 3.05) is 0 Å². The van der Waals surface area contributed by atoms with Crippen LogP contribution in [0.1, 0.15) is 43.2 Å². The Labute approximate surface area is 122 Å². The molecule has 1 fully saturated rings. The van der Waals surface area contributed by atoms with Gasteiger partial charge in [0.1, 0.15) is 5.78 Å². The molecule has 2 N–H and O–H groups in total. The molecular formula is C16H20F3NO. The number of nitrogens with two attached hydrogens (primary N) is 1. The highest BCUT2D eigenvalue weighted by Gasteiger charge is 2.30. The minimum absolute atomic E-state index is 0.0455. The van der Waals surface area contributed by atoms with Crippen LogP contribution in [0.4, 0.5) is 13.2 Å². The average molecular weight is 299 g/mol. The number of hydrogen-bond acceptors (Lipinski definition) is 2. The SMILES string of the molecule is NC1CCCCCC1C(=O)Cc1ccc(C(F)(F)F)cc1. The maximum Gasteiger partial charge on any atom is 0.416 e. The largest absolute Gasteiger partial charge is 0.416 e. The van der Waals surface area contributed by atoms with Crippen molar-refractivity contribution in [2.24, 2.45) is 11.7 Å². The number of alkyl halides is 3. The maximum absolute atomic E-state index is 12.5. The fourth-order valence-corrected chi connectivity index (χ4v) is 2.88. The van der Waals surface area contributed by atoms with Gasteiger partial charge in [-0.1, -0.05) is 31.4 Å². The van der Waals surface area contributed by atoms with Gasteiger partial charge in [-0.15, -0.1) is 0 Å². The van der Waals surface area contributed by atoms with Crippen LogP contribution >= 0.6 is 0 Å². The molecular weight excluding hydrogens is 279 g/mol. The lowest BCUT2D eigenvalue weighted by Gasteiger charge is -2.20. The molecule has 0 aliphatic heterocycles. The normalized spacial score (nSPS) is 23.6. The van der Waals surface area contributed by atoms with Crippen LogP contribution in [0, 0.1) is 5.92 Å². The van der Waals surface area contributed by atoms with Gasteiger partial charge in [-0.05, 0) is 30.5 Å². The Bertz CT molecular complexity index is 481. The second-order valence-electron chi connectivity index (χ2n) is 5.75. The second-order valence-corrected chi connectivity index (χ2v) is 5.75. The number of hydrogen-bond donors (Lipinski definition) is 1. The molecule has 2 rings (SSSR count). The van der Waals surface area contributed by atoms with E-state index in [1.807, 2.05) is 0 Å². The lowest BCUT2D eigenvalue weighted by Crippen LogP contribution is -2.35. The van der Waals surface area contributed by atoms with Crippen LogP contribution in [0.5, 0.6) is 0 Å². The summed E-state index contributed by atoms with van der Waals surface area (Å²) in [6.07, 6.45) is 0.604. The summed E-state index contributed by atoms with van der Waals surface area (Å²) in [4.78, 5) is 12.3. The van der Waals surface area contributed by atoms with Gasteiger partial charge in [-0.25, -0.2) is 0 Å². The summed E-state index contributed by atoms with van der Waals surface area (Å²) in [5.74, 6) is -0.112. The van der Waals surface area contributed by atoms with Crippen molar-refractivity contribution < 1.29 is 18.0 Å². The molecule has 0 saturated heterocycles. The average Bonchev–Trinajstić information content (AvgIpc) is 2.63. The van der Waals surface area contributed by atoms with E-state index in [9.17, 15) is 18.0 Å². The van der Waals surface area contributed by atoms with Gasteiger partial charge in [-0.3, -0.25) is 4.79 Å². The van der Waals surface area contributed by atoms with Gasteiger partial charge in [0.2, 0.25) is 0 Å². The Morgan fingerprint density at radius 3 is 2.33 bits per heavy atom. The second kappa shape index (κ2) is 6.60. The number of halogens is 3. The van der Waals surface area contributed by atoms with Crippen molar-refractivity contribution >= 4 is 5.78 Å². The molecule has 1 aliphatic carbocycles. The van der Waals surface area contributed by atoms with Crippen LogP contribution in [0.2, 0.25) is 0 Å². The van der Waals surface area contributed by atoms with Gasteiger partial charge in [-0.2, -0.15) is 13.2 Å². The summed E-state index contributed by atoms with van der Waals surface area (Å²) >= 11 is 0. The molecule has 0 heterocycles. The number of benzene rings is 1. The Kier molecular flexibility index (Phi) is 5.04. The van der Waals surface area contributed by atoms with E-state index in [1.165, 1.54) is 12.1 Å². The zero-order chi connectivity index (χ0) is 15.5. The molecule has 0 radical (unpaired) electrons. The van der Waals surface area contributed by atoms with Crippen LogP contribution in [0.25, 0.3) is 0 Å². The van der Waals surface area contributed by atoms with E-state index in [0.29, 0.717) is 5.56 Å². The monoisotopic (exact) mass is 299 g/mol. The summed E-state index contributed by atoms with van der Waals surface area (Å²) in [5, 5.41) is 0. The van der Waals surface area contributed by atoms with Crippen LogP contribution in [0.15, 0.2) is 24.3 Å². The summed E-state index contributed by atoms with van der Waals surface area (Å²) in [7, 11) is 0. The predicted octanol–water partition coefficient (Wildman–Crippen LogP) is 3.72. The molecule has 1 aliphatic rings. The fourth-order valence-electron chi connectivity index (χ4n) is 2.88. The van der Waals surface area contributed by atoms with Gasteiger partial charge in [0.15, 0.2) is 0 Å². The zero-order valence-corrected chi connectivity index (χ0v) is 11.8. The first-order chi connectivity index (χ1) is 9.88. The van der Waals surface area contributed by atoms with Gasteiger partial charge in [0.25, 0.3) is 0 Å². The first-order valence-corrected chi connectivity index (χ1v) is 7.32. The fraction of sp³-hybridized carbons (Fsp3) is 0.562. The third-order valence-corrected chi connectivity index (χ3v) is 4.14. The standard InChI is InChI=1S/C16H20F3NO/c17-16(18,19)12-8-6-11(7-9-12)10-15(21)13-4-2-1-3-5-14(13)20/h6-9,13-14H,1-5,10,20H2. The van der Waals surface area contributed by atoms with E-state index in [0.717, 1.165) is 44.2 Å². The van der Waals surface area contributed by atoms with Crippen LogP contribution in [-0.2, 0) is 17.4 Å². The highest BCUT2D eigenvalue weighted by atomic mass is 19.4. The van der Waals surface area contributed by atoms with E-state index in [-0.39, 0.29) is 24.2 Å². The highest BCUT2D eigenvalue weighted by Crippen LogP contribution is 2.29. The van der Waals surface area contributed by atoms with Crippen molar-refractivity contribution in [3.8, 4) is 0 Å². The number of rotatable bonds is 3. The van der Waals surface area contributed by atoms with E-state index < -0.39 is 11.7 Å². The first kappa shape index (κ1) is 16.0. The summed E-state index contributed by atoms with van der Waals surface area (Å²) in [6.45, 7) is 0. The molecule has 2 unspecified atom stereocenters. The summed E-state index contributed by atoms with van der Waals surface area (Å²) < 4.78 is 37.5. The smallest absolute Gasteiger partial charge is 0.327 e. The van der Waals surface area contributed by atoms with Gasteiger partial charge in [0.05, 0.1) is 5.56 Å². The molecule has 0 aromatic heterocycles. The van der Waals surface area contributed by atoms with E-state index in [4.69, 9.17) is 5.73 Å². The number of carbonyl (C=O) groups excluding carboxylic acids is 1. The third-order valence-electron chi connectivity index (χ3n) is 4.14. The van der Waals surface area contributed by atoms with Gasteiger partial charge in [0, 0.05) is 18.4 Å². The minimum atomic E-state index is -4.34. The molecule has 2 nitrogen and oxygen atoms in total. The highest BCUT2D eigenvalue weighted by molar-refractivity contribution is 5.84. The van der Waals surface area contributed by atoms with Crippen LogP contribution in [0.3, 0.4) is 0 Å². The molecule has 2 atom stereocenters. The third kappa shape index (κ3) is 4.30. The van der Waals surface area contributed by atoms with E-state index >= 15 is 0 Å². The Morgan fingerprint density at radius 1 is 1.10 bits per heavy atom. The predicted molar refractivity (Wildman–Crippen MR) is 74.7 cm³/mol. The lowest BCUT2D eigenvalue weighted by molar-refractivity contribution is -0.137. The number of carbonyl (C=O) groups is 1. The van der Waals surface area contributed by atoms with Gasteiger partial charge >= 0.3 is 6.18 Å². The maximum atomic E-state index is 12.5. The Balaban J connectivity index is 2.02. The molecule has 5 heteroatoms. The van der Waals surface area contributed by atoms with Crippen LogP contribution in [-0.4, -0.2) is 11.8 Å². The van der Waals surface area contributed by atoms with Crippen molar-refractivity contribution in [2.45, 2.75) is 50.7 Å². The molecule has 0 amide bonds. The first-order valence-electron chi connectivity index (χ1n) is 7.32. The lowest BCUT2D eigenvalue weighted by atomic mass is 9.88. The molecule has 0 spiro atoms. The topological polar surface area (TPSA) is 43.1 Å². The van der Waals surface area contributed by atoms with Crippen LogP contribution < -0.4 is 5.73 Å². The van der Waals surface area contributed by atoms with E-state index in [1.54, 1.807) is 0 Å². The molecule has 1 aromatic carbocycles. The number of Topliss-reactive ketones (excluding diaryl/α,β-unsaturated/α-hetero) is 1. The zero-order valence-electron chi connectivity index (χ0n) is 11.8. The van der Waals surface area contributed by atoms with Gasteiger partial charge < -0.3 is 5.73 Å². The number of ketones is 1. The molecule has 0 bridgehead atoms. The molecule has 21 heavy (non-hydrogen) atoms. The van der Waals surface area contributed by atoms with Crippen molar-refractivity contribution in [1.29, 1.82) is 0 Å². The molecule has 1 aromatic rings. The van der Waals surface area contributed by atoms with Crippen molar-refractivity contribution in [3.05, 3.63) is 35.4 Å². The summed E-state index contributed by atoms with van der Waals surface area (Å²) in [5.41, 5.74) is 5.97. The van der Waals surface area contributed by atoms with Crippen molar-refractivity contribution in [3.63, 3.8) is 0 Å². The Morgan fingerprint density at radius 2 is 1.71 bits per heavy atom. The minimum Gasteiger partial charge on any atom is -0.327 e. The van der Waals surface area contributed by atoms with E-state index in [2.05, 4.69) is 0 Å². The molecule has 1 saturated carbocycles. The quantitative estimate of drug-likeness (QED) is 0.864. The summed E-state index contributed by atoms with van der Waals surface area (Å²) in [6, 6.07) is 4.69. The van der Waals surface area contributed by atoms with Crippen molar-refractivity contribution in [1.82, 2.24) is 0 Å². The molecule has 116 valence electrons. The Hall–Kier alpha value is -1.36.